The first-order valence-corrected chi connectivity index (χ1v) is 6.09. The Hall–Kier alpha value is -1.83. The molecule has 2 atom stereocenters. The van der Waals surface area contributed by atoms with Crippen LogP contribution in [0.3, 0.4) is 0 Å². The standard InChI is InChI=1S/C11H17N3O5/c1-13-2-3-14(4-9(13)15)11(18)12-8-6-19-5-7(8)10(16)17/h7-8H,2-6H2,1H3,(H,12,18)(H,16,17). The number of aliphatic carboxylic acids is 1. The second-order valence-electron chi connectivity index (χ2n) is 4.78. The van der Waals surface area contributed by atoms with Crippen molar-refractivity contribution in [1.29, 1.82) is 0 Å². The number of carboxylic acid groups (broad SMARTS) is 1. The van der Waals surface area contributed by atoms with Gasteiger partial charge in [-0.3, -0.25) is 9.59 Å². The third-order valence-electron chi connectivity index (χ3n) is 3.45. The first-order chi connectivity index (χ1) is 8.99. The van der Waals surface area contributed by atoms with Crippen molar-refractivity contribution in [3.63, 3.8) is 0 Å². The third-order valence-corrected chi connectivity index (χ3v) is 3.45. The number of ether oxygens (including phenoxy) is 1. The van der Waals surface area contributed by atoms with E-state index in [0.29, 0.717) is 13.1 Å². The maximum Gasteiger partial charge on any atom is 0.318 e. The van der Waals surface area contributed by atoms with Crippen molar-refractivity contribution >= 4 is 17.9 Å². The Balaban J connectivity index is 1.90. The lowest BCUT2D eigenvalue weighted by molar-refractivity contribution is -0.142. The summed E-state index contributed by atoms with van der Waals surface area (Å²) in [5, 5.41) is 11.6. The lowest BCUT2D eigenvalue weighted by Gasteiger charge is -2.32. The number of carbonyl (C=O) groups excluding carboxylic acids is 2. The molecule has 2 aliphatic heterocycles. The Morgan fingerprint density at radius 1 is 1.37 bits per heavy atom. The molecule has 2 aliphatic rings. The van der Waals surface area contributed by atoms with Gasteiger partial charge in [-0.25, -0.2) is 4.79 Å². The molecule has 0 spiro atoms. The van der Waals surface area contributed by atoms with Gasteiger partial charge in [-0.15, -0.1) is 0 Å². The van der Waals surface area contributed by atoms with E-state index in [-0.39, 0.29) is 25.7 Å². The van der Waals surface area contributed by atoms with Gasteiger partial charge in [0.05, 0.1) is 19.3 Å². The molecular formula is C11H17N3O5. The fraction of sp³-hybridized carbons (Fsp3) is 0.727. The van der Waals surface area contributed by atoms with Crippen LogP contribution >= 0.6 is 0 Å². The number of rotatable bonds is 2. The molecule has 8 heteroatoms. The normalized spacial score (nSPS) is 27.5. The van der Waals surface area contributed by atoms with E-state index in [1.807, 2.05) is 0 Å². The third kappa shape index (κ3) is 2.95. The van der Waals surface area contributed by atoms with E-state index in [9.17, 15) is 14.4 Å². The molecule has 0 aromatic rings. The summed E-state index contributed by atoms with van der Waals surface area (Å²) >= 11 is 0. The number of urea groups is 1. The molecule has 0 bridgehead atoms. The first-order valence-electron chi connectivity index (χ1n) is 6.09. The predicted octanol–water partition coefficient (Wildman–Crippen LogP) is -1.43. The monoisotopic (exact) mass is 271 g/mol. The molecule has 2 rings (SSSR count). The Morgan fingerprint density at radius 3 is 2.74 bits per heavy atom. The van der Waals surface area contributed by atoms with Crippen LogP contribution in [0.4, 0.5) is 4.79 Å². The summed E-state index contributed by atoms with van der Waals surface area (Å²) in [5.74, 6) is -1.84. The second kappa shape index (κ2) is 5.43. The van der Waals surface area contributed by atoms with Crippen LogP contribution in [0.1, 0.15) is 0 Å². The number of nitrogens with zero attached hydrogens (tertiary/aromatic N) is 2. The lowest BCUT2D eigenvalue weighted by Crippen LogP contribution is -2.56. The highest BCUT2D eigenvalue weighted by Crippen LogP contribution is 2.14. The maximum absolute atomic E-state index is 12.0. The van der Waals surface area contributed by atoms with Crippen LogP contribution in [0, 0.1) is 5.92 Å². The molecule has 0 aromatic carbocycles. The van der Waals surface area contributed by atoms with Gasteiger partial charge in [0, 0.05) is 20.1 Å². The number of likely N-dealkylation sites (N-methyl/N-ethyl adjacent to an activating group) is 1. The topological polar surface area (TPSA) is 99.2 Å². The zero-order valence-electron chi connectivity index (χ0n) is 10.7. The summed E-state index contributed by atoms with van der Waals surface area (Å²) in [6, 6.07) is -0.956. The van der Waals surface area contributed by atoms with Crippen LogP contribution in [-0.4, -0.2) is 78.8 Å². The minimum atomic E-state index is -0.989. The molecule has 2 fully saturated rings. The highest BCUT2D eigenvalue weighted by atomic mass is 16.5. The van der Waals surface area contributed by atoms with Gasteiger partial charge >= 0.3 is 12.0 Å². The molecule has 0 radical (unpaired) electrons. The van der Waals surface area contributed by atoms with Crippen LogP contribution in [0.5, 0.6) is 0 Å². The summed E-state index contributed by atoms with van der Waals surface area (Å²) in [7, 11) is 1.68. The molecule has 106 valence electrons. The van der Waals surface area contributed by atoms with E-state index in [2.05, 4.69) is 5.32 Å². The van der Waals surface area contributed by atoms with Gasteiger partial charge in [-0.2, -0.15) is 0 Å². The summed E-state index contributed by atoms with van der Waals surface area (Å²) in [6.07, 6.45) is 0. The van der Waals surface area contributed by atoms with Crippen molar-refractivity contribution < 1.29 is 24.2 Å². The molecule has 2 saturated heterocycles. The number of hydrogen-bond donors (Lipinski definition) is 2. The van der Waals surface area contributed by atoms with Gasteiger partial charge in [-0.05, 0) is 0 Å². The Kier molecular flexibility index (Phi) is 3.89. The highest BCUT2D eigenvalue weighted by Gasteiger charge is 2.36. The number of piperazine rings is 1. The van der Waals surface area contributed by atoms with E-state index >= 15 is 0 Å². The highest BCUT2D eigenvalue weighted by molar-refractivity contribution is 5.85. The van der Waals surface area contributed by atoms with E-state index in [1.54, 1.807) is 11.9 Å². The van der Waals surface area contributed by atoms with Gasteiger partial charge in [0.25, 0.3) is 0 Å². The van der Waals surface area contributed by atoms with Gasteiger partial charge in [-0.1, -0.05) is 0 Å². The number of nitrogens with one attached hydrogen (secondary N) is 1. The molecule has 2 N–H and O–H groups in total. The zero-order chi connectivity index (χ0) is 14.0. The van der Waals surface area contributed by atoms with Crippen LogP contribution in [0.25, 0.3) is 0 Å². The van der Waals surface area contributed by atoms with Crippen molar-refractivity contribution in [3.05, 3.63) is 0 Å². The van der Waals surface area contributed by atoms with E-state index in [0.717, 1.165) is 0 Å². The van der Waals surface area contributed by atoms with Crippen molar-refractivity contribution in [2.24, 2.45) is 5.92 Å². The number of amides is 3. The van der Waals surface area contributed by atoms with E-state index in [4.69, 9.17) is 9.84 Å². The van der Waals surface area contributed by atoms with Gasteiger partial charge in [0.1, 0.15) is 12.5 Å². The zero-order valence-corrected chi connectivity index (χ0v) is 10.7. The molecule has 2 heterocycles. The molecule has 0 aromatic heterocycles. The van der Waals surface area contributed by atoms with Crippen LogP contribution in [0.2, 0.25) is 0 Å². The quantitative estimate of drug-likeness (QED) is 0.641. The summed E-state index contributed by atoms with van der Waals surface area (Å²) in [4.78, 5) is 37.4. The molecule has 0 aliphatic carbocycles. The number of carboxylic acids is 1. The Labute approximate surface area is 110 Å². The van der Waals surface area contributed by atoms with Crippen molar-refractivity contribution in [2.75, 3.05) is 39.9 Å². The van der Waals surface area contributed by atoms with Gasteiger partial charge in [0.15, 0.2) is 0 Å². The largest absolute Gasteiger partial charge is 0.481 e. The Bertz CT molecular complexity index is 400. The minimum absolute atomic E-state index is 0.0215. The van der Waals surface area contributed by atoms with Crippen molar-refractivity contribution in [3.8, 4) is 0 Å². The van der Waals surface area contributed by atoms with Gasteiger partial charge in [0.2, 0.25) is 5.91 Å². The van der Waals surface area contributed by atoms with E-state index < -0.39 is 24.0 Å². The SMILES string of the molecule is CN1CCN(C(=O)NC2COCC2C(=O)O)CC1=O. The summed E-state index contributed by atoms with van der Waals surface area (Å²) in [6.45, 7) is 1.23. The van der Waals surface area contributed by atoms with Gasteiger partial charge < -0.3 is 25.0 Å². The smallest absolute Gasteiger partial charge is 0.318 e. The lowest BCUT2D eigenvalue weighted by atomic mass is 10.0. The number of hydrogen-bond acceptors (Lipinski definition) is 4. The number of carbonyl (C=O) groups is 3. The average molecular weight is 271 g/mol. The average Bonchev–Trinajstić information content (AvgIpc) is 2.80. The molecule has 19 heavy (non-hydrogen) atoms. The minimum Gasteiger partial charge on any atom is -0.481 e. The van der Waals surface area contributed by atoms with Crippen LogP contribution in [0.15, 0.2) is 0 Å². The second-order valence-corrected chi connectivity index (χ2v) is 4.78. The Morgan fingerprint density at radius 2 is 2.11 bits per heavy atom. The van der Waals surface area contributed by atoms with Crippen molar-refractivity contribution in [2.45, 2.75) is 6.04 Å². The van der Waals surface area contributed by atoms with Crippen LogP contribution in [-0.2, 0) is 14.3 Å². The molecule has 2 unspecified atom stereocenters. The summed E-state index contributed by atoms with van der Waals surface area (Å²) < 4.78 is 5.07. The molecule has 3 amide bonds. The summed E-state index contributed by atoms with van der Waals surface area (Å²) in [5.41, 5.74) is 0. The maximum atomic E-state index is 12.0. The fourth-order valence-electron chi connectivity index (χ4n) is 2.12. The van der Waals surface area contributed by atoms with Crippen molar-refractivity contribution in [1.82, 2.24) is 15.1 Å². The molecule has 0 saturated carbocycles. The van der Waals surface area contributed by atoms with E-state index in [1.165, 1.54) is 4.90 Å². The first kappa shape index (κ1) is 13.6. The van der Waals surface area contributed by atoms with Crippen LogP contribution < -0.4 is 5.32 Å². The molecular weight excluding hydrogens is 254 g/mol. The fourth-order valence-corrected chi connectivity index (χ4v) is 2.12. The predicted molar refractivity (Wildman–Crippen MR) is 63.5 cm³/mol. The molecule has 8 nitrogen and oxygen atoms in total.